The number of allylic oxidation sites excluding steroid dienone is 4. The zero-order chi connectivity index (χ0) is 11.2. The Balaban J connectivity index is 0.00000128. The van der Waals surface area contributed by atoms with E-state index in [0.29, 0.717) is 0 Å². The summed E-state index contributed by atoms with van der Waals surface area (Å²) >= 11 is -3.16. The Kier molecular flexibility index (Phi) is 4.32. The molecule has 0 bridgehead atoms. The number of nitrogens with one attached hydrogen (secondary N) is 1. The maximum absolute atomic E-state index is 3.45. The first-order valence-corrected chi connectivity index (χ1v) is 13.5. The predicted molar refractivity (Wildman–Crippen MR) is 80.2 cm³/mol. The molecular formula is C13H23Cl2NTi. The Morgan fingerprint density at radius 1 is 1.12 bits per heavy atom. The van der Waals surface area contributed by atoms with Gasteiger partial charge in [0, 0.05) is 0 Å². The summed E-state index contributed by atoms with van der Waals surface area (Å²) in [5.74, 6) is 0. The van der Waals surface area contributed by atoms with Crippen molar-refractivity contribution in [1.82, 2.24) is 4.98 Å². The normalized spacial score (nSPS) is 18.5. The van der Waals surface area contributed by atoms with Gasteiger partial charge in [-0.05, 0) is 0 Å². The molecular weight excluding hydrogens is 289 g/mol. The topological polar surface area (TPSA) is 15.8 Å². The van der Waals surface area contributed by atoms with Gasteiger partial charge in [-0.1, -0.05) is 0 Å². The van der Waals surface area contributed by atoms with Crippen molar-refractivity contribution >= 4 is 28.8 Å². The molecule has 0 unspecified atom stereocenters. The fourth-order valence-electron chi connectivity index (χ4n) is 2.48. The molecule has 0 spiro atoms. The second-order valence-electron chi connectivity index (χ2n) is 7.53. The van der Waals surface area contributed by atoms with Crippen LogP contribution in [0.2, 0.25) is 20.9 Å². The maximum atomic E-state index is 3.45. The first-order valence-electron chi connectivity index (χ1n) is 5.71. The molecule has 2 rings (SSSR count). The molecule has 1 aromatic rings. The van der Waals surface area contributed by atoms with E-state index in [1.54, 1.807) is 3.88 Å². The fourth-order valence-corrected chi connectivity index (χ4v) is 8.43. The second kappa shape index (κ2) is 4.31. The quantitative estimate of drug-likeness (QED) is 0.759. The first-order chi connectivity index (χ1) is 6.74. The number of aromatic nitrogens is 1. The van der Waals surface area contributed by atoms with Gasteiger partial charge in [-0.25, -0.2) is 0 Å². The average Bonchev–Trinajstić information content (AvgIpc) is 2.77. The van der Waals surface area contributed by atoms with Gasteiger partial charge in [0.1, 0.15) is 0 Å². The number of halogens is 2. The summed E-state index contributed by atoms with van der Waals surface area (Å²) in [7, 11) is 0. The van der Waals surface area contributed by atoms with E-state index < -0.39 is 14.0 Å². The monoisotopic (exact) mass is 311 g/mol. The van der Waals surface area contributed by atoms with E-state index in [1.807, 2.05) is 6.20 Å². The van der Waals surface area contributed by atoms with Crippen molar-refractivity contribution in [3.8, 4) is 0 Å². The molecule has 4 heteroatoms. The SMILES string of the molecule is Cl.Cl.[CH3][Ti]([CH3])([CH3])([CH3])([C]1=CC=CC1)[c]1ccc[nH]1. The van der Waals surface area contributed by atoms with Gasteiger partial charge in [-0.2, -0.15) is 0 Å². The van der Waals surface area contributed by atoms with E-state index in [4.69, 9.17) is 0 Å². The van der Waals surface area contributed by atoms with Gasteiger partial charge in [0.15, 0.2) is 0 Å². The molecule has 0 amide bonds. The van der Waals surface area contributed by atoms with Gasteiger partial charge >= 0.3 is 90.8 Å². The van der Waals surface area contributed by atoms with Crippen LogP contribution in [0.5, 0.6) is 0 Å². The van der Waals surface area contributed by atoms with Crippen LogP contribution in [0.25, 0.3) is 0 Å². The number of aromatic amines is 1. The fraction of sp³-hybridized carbons (Fsp3) is 0.385. The van der Waals surface area contributed by atoms with Crippen molar-refractivity contribution in [2.24, 2.45) is 0 Å². The van der Waals surface area contributed by atoms with Gasteiger partial charge in [-0.3, -0.25) is 0 Å². The zero-order valence-electron chi connectivity index (χ0n) is 11.0. The molecule has 0 aromatic carbocycles. The summed E-state index contributed by atoms with van der Waals surface area (Å²) in [6.07, 6.45) is 9.96. The molecule has 0 aliphatic heterocycles. The Labute approximate surface area is 115 Å². The minimum atomic E-state index is -3.16. The average molecular weight is 312 g/mol. The second-order valence-corrected chi connectivity index (χ2v) is 25.4. The summed E-state index contributed by atoms with van der Waals surface area (Å²) < 4.78 is 3.09. The van der Waals surface area contributed by atoms with Crippen LogP contribution < -0.4 is 4.00 Å². The molecule has 1 aromatic heterocycles. The molecule has 1 N–H and O–H groups in total. The van der Waals surface area contributed by atoms with Crippen LogP contribution in [-0.2, 0) is 14.0 Å². The van der Waals surface area contributed by atoms with Crippen LogP contribution in [0.1, 0.15) is 6.42 Å². The Morgan fingerprint density at radius 2 is 1.76 bits per heavy atom. The van der Waals surface area contributed by atoms with Gasteiger partial charge in [0.05, 0.1) is 0 Å². The minimum absolute atomic E-state index is 0. The molecule has 0 radical (unpaired) electrons. The summed E-state index contributed by atoms with van der Waals surface area (Å²) in [4.78, 5) is 3.45. The first kappa shape index (κ1) is 17.1. The third-order valence-electron chi connectivity index (χ3n) is 4.03. The van der Waals surface area contributed by atoms with Crippen molar-refractivity contribution < 1.29 is 14.0 Å². The number of hydrogen-bond acceptors (Lipinski definition) is 0. The molecule has 0 fully saturated rings. The number of H-pyrrole nitrogens is 1. The van der Waals surface area contributed by atoms with Crippen molar-refractivity contribution in [3.05, 3.63) is 40.4 Å². The van der Waals surface area contributed by atoms with Crippen LogP contribution in [-0.4, -0.2) is 4.98 Å². The Bertz CT molecular complexity index is 448. The van der Waals surface area contributed by atoms with Crippen molar-refractivity contribution in [1.29, 1.82) is 0 Å². The standard InChI is InChI=1S/C5H5.C4H4N.4CH3.2ClH.Ti/c2*1-2-4-5-3-1;;;;;;;/h1-3H,4H2;1-3,5H;4*1H3;2*1H;. The molecule has 0 atom stereocenters. The van der Waals surface area contributed by atoms with Gasteiger partial charge < -0.3 is 0 Å². The zero-order valence-corrected chi connectivity index (χ0v) is 14.2. The molecule has 0 saturated carbocycles. The van der Waals surface area contributed by atoms with Crippen LogP contribution in [0.4, 0.5) is 0 Å². The van der Waals surface area contributed by atoms with E-state index in [9.17, 15) is 0 Å². The summed E-state index contributed by atoms with van der Waals surface area (Å²) in [6, 6.07) is 4.37. The Morgan fingerprint density at radius 3 is 2.18 bits per heavy atom. The molecule has 17 heavy (non-hydrogen) atoms. The van der Waals surface area contributed by atoms with E-state index in [0.717, 1.165) is 6.42 Å². The third-order valence-corrected chi connectivity index (χ3v) is 13.4. The Hall–Kier alpha value is 0.0543. The number of rotatable bonds is 2. The van der Waals surface area contributed by atoms with Gasteiger partial charge in [0.25, 0.3) is 0 Å². The molecule has 1 aliphatic carbocycles. The summed E-state index contributed by atoms with van der Waals surface area (Å²) in [5, 5.41) is 9.96. The molecule has 98 valence electrons. The van der Waals surface area contributed by atoms with E-state index >= 15 is 0 Å². The van der Waals surface area contributed by atoms with Crippen LogP contribution in [0, 0.1) is 0 Å². The van der Waals surface area contributed by atoms with Crippen molar-refractivity contribution in [3.63, 3.8) is 0 Å². The van der Waals surface area contributed by atoms with Crippen LogP contribution in [0.3, 0.4) is 0 Å². The summed E-state index contributed by atoms with van der Waals surface area (Å²) in [6.45, 7) is 0. The van der Waals surface area contributed by atoms with Crippen LogP contribution in [0.15, 0.2) is 40.4 Å². The molecule has 1 aliphatic rings. The summed E-state index contributed by atoms with van der Waals surface area (Å²) in [5.41, 5.74) is 0. The third kappa shape index (κ3) is 2.73. The van der Waals surface area contributed by atoms with E-state index in [-0.39, 0.29) is 24.8 Å². The number of hydrogen-bond donors (Lipinski definition) is 1. The van der Waals surface area contributed by atoms with Gasteiger partial charge in [-0.15, -0.1) is 24.8 Å². The molecule has 0 saturated heterocycles. The van der Waals surface area contributed by atoms with Crippen LogP contribution >= 0.6 is 24.8 Å². The van der Waals surface area contributed by atoms with E-state index in [2.05, 4.69) is 56.3 Å². The predicted octanol–water partition coefficient (Wildman–Crippen LogP) is 4.75. The molecule has 1 heterocycles. The van der Waals surface area contributed by atoms with E-state index in [1.165, 1.54) is 4.00 Å². The molecule has 1 nitrogen and oxygen atoms in total. The van der Waals surface area contributed by atoms with Crippen molar-refractivity contribution in [2.75, 3.05) is 0 Å². The van der Waals surface area contributed by atoms with Gasteiger partial charge in [0.2, 0.25) is 0 Å². The van der Waals surface area contributed by atoms with Crippen molar-refractivity contribution in [2.45, 2.75) is 27.3 Å².